The number of rotatable bonds is 11. The molecule has 0 spiro atoms. The first-order valence-corrected chi connectivity index (χ1v) is 7.95. The van der Waals surface area contributed by atoms with E-state index in [4.69, 9.17) is 10.5 Å². The molecule has 0 saturated heterocycles. The standard InChI is InChI=1S/C18H29NO2/c1-3-5-6-8-18(17(20)7-4-2)21-16-11-9-15(10-12-16)13-14-19/h4,9-12,17-18,20H,2-3,5-8,13-14,19H2,1H3. The van der Waals surface area contributed by atoms with Crippen molar-refractivity contribution < 1.29 is 9.84 Å². The van der Waals surface area contributed by atoms with Gasteiger partial charge in [-0.05, 0) is 49.9 Å². The van der Waals surface area contributed by atoms with Gasteiger partial charge < -0.3 is 15.6 Å². The lowest BCUT2D eigenvalue weighted by molar-refractivity contribution is 0.0319. The molecule has 3 heteroatoms. The van der Waals surface area contributed by atoms with Gasteiger partial charge in [-0.2, -0.15) is 0 Å². The molecule has 3 nitrogen and oxygen atoms in total. The third-order valence-corrected chi connectivity index (χ3v) is 3.57. The molecule has 1 aromatic rings. The molecule has 0 radical (unpaired) electrons. The summed E-state index contributed by atoms with van der Waals surface area (Å²) < 4.78 is 5.98. The van der Waals surface area contributed by atoms with Gasteiger partial charge in [0.1, 0.15) is 11.9 Å². The van der Waals surface area contributed by atoms with Crippen molar-refractivity contribution in [3.8, 4) is 5.75 Å². The minimum Gasteiger partial charge on any atom is -0.488 e. The van der Waals surface area contributed by atoms with Crippen molar-refractivity contribution in [1.29, 1.82) is 0 Å². The fourth-order valence-corrected chi connectivity index (χ4v) is 2.32. The van der Waals surface area contributed by atoms with Crippen molar-refractivity contribution in [2.24, 2.45) is 5.73 Å². The minimum absolute atomic E-state index is 0.171. The predicted octanol–water partition coefficient (Wildman–Crippen LogP) is 3.45. The average molecular weight is 291 g/mol. The highest BCUT2D eigenvalue weighted by Gasteiger charge is 2.19. The maximum atomic E-state index is 10.2. The molecule has 0 aliphatic heterocycles. The van der Waals surface area contributed by atoms with Crippen molar-refractivity contribution in [1.82, 2.24) is 0 Å². The highest BCUT2D eigenvalue weighted by molar-refractivity contribution is 5.27. The lowest BCUT2D eigenvalue weighted by atomic mass is 10.0. The number of unbranched alkanes of at least 4 members (excludes halogenated alkanes) is 2. The first-order valence-electron chi connectivity index (χ1n) is 7.95. The Hall–Kier alpha value is -1.32. The van der Waals surface area contributed by atoms with Crippen molar-refractivity contribution in [2.45, 2.75) is 57.7 Å². The van der Waals surface area contributed by atoms with Gasteiger partial charge >= 0.3 is 0 Å². The summed E-state index contributed by atoms with van der Waals surface area (Å²) in [5.41, 5.74) is 6.75. The van der Waals surface area contributed by atoms with Crippen LogP contribution in [0.15, 0.2) is 36.9 Å². The van der Waals surface area contributed by atoms with Gasteiger partial charge in [-0.15, -0.1) is 6.58 Å². The summed E-state index contributed by atoms with van der Waals surface area (Å²) in [6.07, 6.45) is 6.77. The van der Waals surface area contributed by atoms with Crippen molar-refractivity contribution >= 4 is 0 Å². The zero-order chi connectivity index (χ0) is 15.5. The van der Waals surface area contributed by atoms with Crippen LogP contribution >= 0.6 is 0 Å². The quantitative estimate of drug-likeness (QED) is 0.485. The molecule has 1 rings (SSSR count). The minimum atomic E-state index is -0.497. The fraction of sp³-hybridized carbons (Fsp3) is 0.556. The van der Waals surface area contributed by atoms with Gasteiger partial charge in [-0.3, -0.25) is 0 Å². The Morgan fingerprint density at radius 1 is 1.29 bits per heavy atom. The summed E-state index contributed by atoms with van der Waals surface area (Å²) in [6.45, 7) is 6.51. The van der Waals surface area contributed by atoms with Crippen LogP contribution in [0.5, 0.6) is 5.75 Å². The number of aliphatic hydroxyl groups excluding tert-OH is 1. The fourth-order valence-electron chi connectivity index (χ4n) is 2.32. The number of nitrogens with two attached hydrogens (primary N) is 1. The van der Waals surface area contributed by atoms with E-state index in [9.17, 15) is 5.11 Å². The molecule has 21 heavy (non-hydrogen) atoms. The summed E-state index contributed by atoms with van der Waals surface area (Å²) in [7, 11) is 0. The average Bonchev–Trinajstić information content (AvgIpc) is 2.49. The van der Waals surface area contributed by atoms with Gasteiger partial charge in [-0.25, -0.2) is 0 Å². The molecule has 0 bridgehead atoms. The van der Waals surface area contributed by atoms with Crippen LogP contribution in [-0.2, 0) is 6.42 Å². The van der Waals surface area contributed by atoms with E-state index in [-0.39, 0.29) is 6.10 Å². The molecule has 118 valence electrons. The zero-order valence-corrected chi connectivity index (χ0v) is 13.1. The van der Waals surface area contributed by atoms with Gasteiger partial charge in [0.05, 0.1) is 6.10 Å². The molecule has 0 saturated carbocycles. The second-order valence-corrected chi connectivity index (χ2v) is 5.43. The second kappa shape index (κ2) is 10.4. The van der Waals surface area contributed by atoms with Crippen molar-refractivity contribution in [2.75, 3.05) is 6.54 Å². The largest absolute Gasteiger partial charge is 0.488 e. The Morgan fingerprint density at radius 3 is 2.57 bits per heavy atom. The molecule has 3 N–H and O–H groups in total. The van der Waals surface area contributed by atoms with Gasteiger partial charge in [-0.1, -0.05) is 38.0 Å². The number of benzene rings is 1. The molecule has 0 aliphatic rings. The smallest absolute Gasteiger partial charge is 0.125 e. The summed E-state index contributed by atoms with van der Waals surface area (Å²) in [6, 6.07) is 7.98. The molecular formula is C18H29NO2. The Morgan fingerprint density at radius 2 is 2.00 bits per heavy atom. The van der Waals surface area contributed by atoms with E-state index in [1.54, 1.807) is 6.08 Å². The van der Waals surface area contributed by atoms with Gasteiger partial charge in [0.25, 0.3) is 0 Å². The highest BCUT2D eigenvalue weighted by atomic mass is 16.5. The molecule has 0 aliphatic carbocycles. The van der Waals surface area contributed by atoms with Crippen LogP contribution in [0.25, 0.3) is 0 Å². The third kappa shape index (κ3) is 6.78. The second-order valence-electron chi connectivity index (χ2n) is 5.43. The van der Waals surface area contributed by atoms with Gasteiger partial charge in [0, 0.05) is 0 Å². The van der Waals surface area contributed by atoms with Crippen LogP contribution in [0, 0.1) is 0 Å². The number of aliphatic hydroxyl groups is 1. The molecule has 1 aromatic carbocycles. The molecule has 0 amide bonds. The summed E-state index contributed by atoms with van der Waals surface area (Å²) in [5.74, 6) is 0.806. The Labute approximate surface area is 128 Å². The van der Waals surface area contributed by atoms with Crippen molar-refractivity contribution in [3.05, 3.63) is 42.5 Å². The van der Waals surface area contributed by atoms with Crippen molar-refractivity contribution in [3.63, 3.8) is 0 Å². The molecule has 0 aromatic heterocycles. The Balaban J connectivity index is 2.62. The lowest BCUT2D eigenvalue weighted by Gasteiger charge is -2.23. The monoisotopic (exact) mass is 291 g/mol. The SMILES string of the molecule is C=CCC(O)C(CCCCC)Oc1ccc(CCN)cc1. The van der Waals surface area contributed by atoms with E-state index in [2.05, 4.69) is 13.5 Å². The van der Waals surface area contributed by atoms with Crippen LogP contribution in [0.3, 0.4) is 0 Å². The zero-order valence-electron chi connectivity index (χ0n) is 13.1. The van der Waals surface area contributed by atoms with E-state index in [0.29, 0.717) is 13.0 Å². The molecule has 0 heterocycles. The van der Waals surface area contributed by atoms with E-state index in [0.717, 1.165) is 37.9 Å². The Bertz CT molecular complexity index is 389. The summed E-state index contributed by atoms with van der Waals surface area (Å²) in [4.78, 5) is 0. The van der Waals surface area contributed by atoms with Gasteiger partial charge in [0.2, 0.25) is 0 Å². The number of ether oxygens (including phenoxy) is 1. The van der Waals surface area contributed by atoms with E-state index in [1.807, 2.05) is 24.3 Å². The molecule has 2 atom stereocenters. The molecule has 0 fully saturated rings. The Kier molecular flexibility index (Phi) is 8.79. The van der Waals surface area contributed by atoms with E-state index >= 15 is 0 Å². The first kappa shape index (κ1) is 17.7. The maximum Gasteiger partial charge on any atom is 0.125 e. The number of hydrogen-bond acceptors (Lipinski definition) is 3. The van der Waals surface area contributed by atoms with Crippen LogP contribution in [0.2, 0.25) is 0 Å². The van der Waals surface area contributed by atoms with E-state index in [1.165, 1.54) is 5.56 Å². The maximum absolute atomic E-state index is 10.2. The summed E-state index contributed by atoms with van der Waals surface area (Å²) >= 11 is 0. The first-order chi connectivity index (χ1) is 10.2. The van der Waals surface area contributed by atoms with Crippen LogP contribution in [-0.4, -0.2) is 23.9 Å². The lowest BCUT2D eigenvalue weighted by Crippen LogP contribution is -2.31. The summed E-state index contributed by atoms with van der Waals surface area (Å²) in [5, 5.41) is 10.2. The predicted molar refractivity (Wildman–Crippen MR) is 88.6 cm³/mol. The highest BCUT2D eigenvalue weighted by Crippen LogP contribution is 2.20. The van der Waals surface area contributed by atoms with Crippen LogP contribution < -0.4 is 10.5 Å². The molecule has 2 unspecified atom stereocenters. The normalized spacial score (nSPS) is 13.7. The van der Waals surface area contributed by atoms with Crippen LogP contribution in [0.4, 0.5) is 0 Å². The topological polar surface area (TPSA) is 55.5 Å². The van der Waals surface area contributed by atoms with Crippen LogP contribution in [0.1, 0.15) is 44.6 Å². The third-order valence-electron chi connectivity index (χ3n) is 3.57. The molecular weight excluding hydrogens is 262 g/mol. The number of hydrogen-bond donors (Lipinski definition) is 2. The van der Waals surface area contributed by atoms with Gasteiger partial charge in [0.15, 0.2) is 0 Å². The van der Waals surface area contributed by atoms with E-state index < -0.39 is 6.10 Å².